The van der Waals surface area contributed by atoms with Crippen molar-refractivity contribution in [2.75, 3.05) is 45.7 Å². The highest BCUT2D eigenvalue weighted by atomic mass is 19.1. The Hall–Kier alpha value is -3.91. The number of nitrogens with zero attached hydrogens (tertiary/aromatic N) is 2. The van der Waals surface area contributed by atoms with Crippen molar-refractivity contribution in [3.63, 3.8) is 0 Å². The third kappa shape index (κ3) is 6.16. The Morgan fingerprint density at radius 1 is 1.31 bits per heavy atom. The zero-order chi connectivity index (χ0) is 25.4. The van der Waals surface area contributed by atoms with E-state index in [1.54, 1.807) is 19.0 Å². The molecule has 1 saturated heterocycles. The number of ether oxygens (including phenoxy) is 1. The molecule has 1 fully saturated rings. The van der Waals surface area contributed by atoms with Crippen LogP contribution in [-0.2, 0) is 4.74 Å². The molecule has 11 heteroatoms. The van der Waals surface area contributed by atoms with Crippen LogP contribution >= 0.6 is 0 Å². The first-order valence-electron chi connectivity index (χ1n) is 11.4. The van der Waals surface area contributed by atoms with Crippen LogP contribution in [0.3, 0.4) is 0 Å². The molecule has 0 unspecified atom stereocenters. The highest BCUT2D eigenvalue weighted by molar-refractivity contribution is 6.10. The van der Waals surface area contributed by atoms with Gasteiger partial charge < -0.3 is 36.3 Å². The molecule has 2 aliphatic rings. The van der Waals surface area contributed by atoms with Crippen molar-refractivity contribution in [3.8, 4) is 6.07 Å². The topological polar surface area (TPSA) is 149 Å². The molecule has 186 valence electrons. The van der Waals surface area contributed by atoms with Crippen LogP contribution in [-0.4, -0.2) is 69.4 Å². The molecule has 0 aliphatic carbocycles. The van der Waals surface area contributed by atoms with E-state index in [1.807, 2.05) is 6.07 Å². The van der Waals surface area contributed by atoms with Crippen molar-refractivity contribution in [2.45, 2.75) is 25.3 Å². The standard InChI is InChI=1S/C24H31FN8O2/c1-29-13-16(12-27)18-10-20(25)22(9-15(18)11-26)32-23(28)19-14-33(24(34)30-2)6-3-21(19)31-17-4-7-35-8-5-17/h9-10,12-13,17,27,29,31H,3-8,14H2,1-2H3,(H2,28,32)(H,30,34)/b16-13+,27-12?. The van der Waals surface area contributed by atoms with Gasteiger partial charge >= 0.3 is 6.03 Å². The van der Waals surface area contributed by atoms with Crippen molar-refractivity contribution in [1.29, 1.82) is 16.1 Å². The van der Waals surface area contributed by atoms with Gasteiger partial charge in [0.1, 0.15) is 11.7 Å². The highest BCUT2D eigenvalue weighted by Crippen LogP contribution is 2.26. The summed E-state index contributed by atoms with van der Waals surface area (Å²) in [6.07, 6.45) is 4.76. The van der Waals surface area contributed by atoms with Crippen molar-refractivity contribution < 1.29 is 13.9 Å². The van der Waals surface area contributed by atoms with Crippen molar-refractivity contribution in [3.05, 3.63) is 46.5 Å². The first kappa shape index (κ1) is 25.7. The maximum atomic E-state index is 15.0. The average molecular weight is 483 g/mol. The molecule has 3 rings (SSSR count). The molecular formula is C24H31FN8O2. The molecule has 0 bridgehead atoms. The molecule has 35 heavy (non-hydrogen) atoms. The predicted octanol–water partition coefficient (Wildman–Crippen LogP) is 2.36. The van der Waals surface area contributed by atoms with Gasteiger partial charge in [-0.2, -0.15) is 5.26 Å². The van der Waals surface area contributed by atoms with Crippen LogP contribution in [0.15, 0.2) is 29.6 Å². The van der Waals surface area contributed by atoms with Crippen LogP contribution in [0.2, 0.25) is 0 Å². The number of halogens is 1. The number of allylic oxidation sites excluding steroid dienone is 1. The summed E-state index contributed by atoms with van der Waals surface area (Å²) >= 11 is 0. The first-order chi connectivity index (χ1) is 16.9. The van der Waals surface area contributed by atoms with E-state index in [9.17, 15) is 10.1 Å². The van der Waals surface area contributed by atoms with Gasteiger partial charge in [0.25, 0.3) is 0 Å². The monoisotopic (exact) mass is 482 g/mol. The summed E-state index contributed by atoms with van der Waals surface area (Å²) in [5.41, 5.74) is 2.16. The number of nitriles is 1. The van der Waals surface area contributed by atoms with Crippen LogP contribution in [0.5, 0.6) is 0 Å². The van der Waals surface area contributed by atoms with Crippen LogP contribution < -0.4 is 21.3 Å². The Kier molecular flexibility index (Phi) is 8.80. The van der Waals surface area contributed by atoms with Crippen LogP contribution in [0.1, 0.15) is 30.4 Å². The molecule has 2 heterocycles. The second-order valence-corrected chi connectivity index (χ2v) is 8.24. The lowest BCUT2D eigenvalue weighted by atomic mass is 9.99. The Bertz CT molecular complexity index is 1090. The van der Waals surface area contributed by atoms with Crippen molar-refractivity contribution >= 4 is 29.3 Å². The minimum Gasteiger partial charge on any atom is -0.393 e. The fourth-order valence-electron chi connectivity index (χ4n) is 4.14. The lowest BCUT2D eigenvalue weighted by Crippen LogP contribution is -2.47. The van der Waals surface area contributed by atoms with Gasteiger partial charge in [0.2, 0.25) is 0 Å². The molecular weight excluding hydrogens is 451 g/mol. The molecule has 0 spiro atoms. The smallest absolute Gasteiger partial charge is 0.317 e. The van der Waals surface area contributed by atoms with E-state index in [-0.39, 0.29) is 41.3 Å². The minimum absolute atomic E-state index is 0.0286. The van der Waals surface area contributed by atoms with Gasteiger partial charge in [-0.15, -0.1) is 0 Å². The van der Waals surface area contributed by atoms with E-state index < -0.39 is 5.82 Å². The molecule has 0 aromatic heterocycles. The molecule has 0 saturated carbocycles. The number of carbonyl (C=O) groups excluding carboxylic acids is 1. The zero-order valence-electron chi connectivity index (χ0n) is 19.9. The summed E-state index contributed by atoms with van der Waals surface area (Å²) in [4.78, 5) is 13.8. The minimum atomic E-state index is -0.661. The van der Waals surface area contributed by atoms with Gasteiger partial charge in [-0.1, -0.05) is 0 Å². The van der Waals surface area contributed by atoms with E-state index in [0.29, 0.717) is 37.3 Å². The van der Waals surface area contributed by atoms with Gasteiger partial charge in [-0.3, -0.25) is 5.41 Å². The number of hydrogen-bond acceptors (Lipinski definition) is 7. The molecule has 0 radical (unpaired) electrons. The number of anilines is 1. The number of urea groups is 1. The normalized spacial score (nSPS) is 16.9. The second-order valence-electron chi connectivity index (χ2n) is 8.24. The number of rotatable bonds is 7. The summed E-state index contributed by atoms with van der Waals surface area (Å²) in [6.45, 7) is 2.00. The lowest BCUT2D eigenvalue weighted by molar-refractivity contribution is 0.0798. The summed E-state index contributed by atoms with van der Waals surface area (Å²) in [5.74, 6) is -0.715. The molecule has 0 atom stereocenters. The molecule has 10 nitrogen and oxygen atoms in total. The van der Waals surface area contributed by atoms with E-state index in [4.69, 9.17) is 15.6 Å². The van der Waals surface area contributed by atoms with Crippen LogP contribution in [0, 0.1) is 28.0 Å². The van der Waals surface area contributed by atoms with E-state index >= 15 is 4.39 Å². The van der Waals surface area contributed by atoms with Gasteiger partial charge in [0.05, 0.1) is 23.9 Å². The SMILES string of the molecule is CN/C=C(\C=N)c1cc(F)c(NC(=N)C2=C(NC3CCOCC3)CCN(C(=O)NC)C2)cc1C#N. The number of benzene rings is 1. The molecule has 2 aliphatic heterocycles. The summed E-state index contributed by atoms with van der Waals surface area (Å²) < 4.78 is 20.5. The Balaban J connectivity index is 1.91. The summed E-state index contributed by atoms with van der Waals surface area (Å²) in [5, 5.41) is 37.6. The Morgan fingerprint density at radius 2 is 2.06 bits per heavy atom. The molecule has 1 aromatic rings. The Labute approximate surface area is 204 Å². The lowest BCUT2D eigenvalue weighted by Gasteiger charge is -2.34. The van der Waals surface area contributed by atoms with Crippen molar-refractivity contribution in [2.24, 2.45) is 0 Å². The third-order valence-electron chi connectivity index (χ3n) is 6.00. The maximum absolute atomic E-state index is 15.0. The van der Waals surface area contributed by atoms with Crippen LogP contribution in [0.25, 0.3) is 5.57 Å². The van der Waals surface area contributed by atoms with Crippen LogP contribution in [0.4, 0.5) is 14.9 Å². The van der Waals surface area contributed by atoms with Gasteiger partial charge in [0, 0.05) is 81.1 Å². The summed E-state index contributed by atoms with van der Waals surface area (Å²) in [7, 11) is 3.20. The van der Waals surface area contributed by atoms with E-state index in [1.165, 1.54) is 18.3 Å². The first-order valence-corrected chi connectivity index (χ1v) is 11.4. The highest BCUT2D eigenvalue weighted by Gasteiger charge is 2.27. The van der Waals surface area contributed by atoms with Crippen molar-refractivity contribution in [1.82, 2.24) is 20.9 Å². The number of carbonyl (C=O) groups is 1. The molecule has 1 aromatic carbocycles. The molecule has 6 N–H and O–H groups in total. The van der Waals surface area contributed by atoms with Gasteiger partial charge in [-0.05, 0) is 25.0 Å². The fraction of sp³-hybridized carbons (Fsp3) is 0.417. The van der Waals surface area contributed by atoms with Gasteiger partial charge in [0.15, 0.2) is 0 Å². The van der Waals surface area contributed by atoms with Gasteiger partial charge in [-0.25, -0.2) is 9.18 Å². The largest absolute Gasteiger partial charge is 0.393 e. The zero-order valence-corrected chi connectivity index (χ0v) is 19.9. The van der Waals surface area contributed by atoms with E-state index in [0.717, 1.165) is 24.8 Å². The fourth-order valence-corrected chi connectivity index (χ4v) is 4.14. The molecule has 2 amide bonds. The predicted molar refractivity (Wildman–Crippen MR) is 133 cm³/mol. The number of nitrogens with one attached hydrogen (secondary N) is 6. The number of amidine groups is 1. The number of hydrogen-bond donors (Lipinski definition) is 6. The second kappa shape index (κ2) is 12.0. The van der Waals surface area contributed by atoms with E-state index in [2.05, 4.69) is 21.3 Å². The third-order valence-corrected chi connectivity index (χ3v) is 6.00. The maximum Gasteiger partial charge on any atom is 0.317 e. The Morgan fingerprint density at radius 3 is 2.69 bits per heavy atom. The summed E-state index contributed by atoms with van der Waals surface area (Å²) in [6, 6.07) is 4.49. The quantitative estimate of drug-likeness (QED) is 0.260. The number of amides is 2. The average Bonchev–Trinajstić information content (AvgIpc) is 2.88.